The lowest BCUT2D eigenvalue weighted by Gasteiger charge is -2.10. The highest BCUT2D eigenvalue weighted by molar-refractivity contribution is 9.10. The van der Waals surface area contributed by atoms with Crippen LogP contribution in [-0.2, 0) is 0 Å². The largest absolute Gasteiger partial charge is 0.325 e. The summed E-state index contributed by atoms with van der Waals surface area (Å²) >= 11 is 3.09. The van der Waals surface area contributed by atoms with Gasteiger partial charge in [-0.15, -0.1) is 0 Å². The number of nitrogens with one attached hydrogen (secondary N) is 2. The van der Waals surface area contributed by atoms with E-state index in [2.05, 4.69) is 45.5 Å². The predicted molar refractivity (Wildman–Crippen MR) is 72.2 cm³/mol. The van der Waals surface area contributed by atoms with Crippen LogP contribution in [0.15, 0.2) is 27.7 Å². The highest BCUT2D eigenvalue weighted by atomic mass is 79.9. The number of nitrogens with zero attached hydrogens (tertiary/aromatic N) is 1. The van der Waals surface area contributed by atoms with E-state index >= 15 is 0 Å². The van der Waals surface area contributed by atoms with Gasteiger partial charge >= 0.3 is 0 Å². The molecule has 0 radical (unpaired) electrons. The van der Waals surface area contributed by atoms with E-state index in [-0.39, 0.29) is 5.82 Å². The fourth-order valence-electron chi connectivity index (χ4n) is 1.11. The average molecular weight is 303 g/mol. The molecule has 17 heavy (non-hydrogen) atoms. The van der Waals surface area contributed by atoms with Crippen LogP contribution < -0.4 is 16.6 Å². The van der Waals surface area contributed by atoms with Crippen LogP contribution in [0.2, 0.25) is 0 Å². The van der Waals surface area contributed by atoms with Crippen LogP contribution in [-0.4, -0.2) is 12.5 Å². The first-order chi connectivity index (χ1) is 8.02. The number of anilines is 1. The summed E-state index contributed by atoms with van der Waals surface area (Å²) in [6.07, 6.45) is 0. The molecule has 0 aliphatic rings. The van der Waals surface area contributed by atoms with E-state index < -0.39 is 0 Å². The summed E-state index contributed by atoms with van der Waals surface area (Å²) in [4.78, 5) is 4.22. The number of benzene rings is 1. The lowest BCUT2D eigenvalue weighted by Crippen LogP contribution is -2.36. The van der Waals surface area contributed by atoms with Crippen molar-refractivity contribution >= 4 is 27.6 Å². The van der Waals surface area contributed by atoms with Crippen molar-refractivity contribution < 1.29 is 4.39 Å². The van der Waals surface area contributed by atoms with Crippen LogP contribution in [0.1, 0.15) is 13.8 Å². The van der Waals surface area contributed by atoms with Gasteiger partial charge in [-0.1, -0.05) is 13.8 Å². The Morgan fingerprint density at radius 1 is 1.53 bits per heavy atom. The molecule has 0 fully saturated rings. The third kappa shape index (κ3) is 4.70. The minimum Gasteiger partial charge on any atom is -0.325 e. The maximum atomic E-state index is 13.3. The molecule has 0 unspecified atom stereocenters. The Kier molecular flexibility index (Phi) is 5.37. The van der Waals surface area contributed by atoms with E-state index in [9.17, 15) is 4.39 Å². The molecule has 94 valence electrons. The SMILES string of the molecule is CC(C)CN=C(NN)Nc1ccc(Br)c(F)c1. The molecule has 0 atom stereocenters. The van der Waals surface area contributed by atoms with Gasteiger partial charge in [-0.2, -0.15) is 0 Å². The quantitative estimate of drug-likeness (QED) is 0.348. The van der Waals surface area contributed by atoms with Crippen LogP contribution in [0.3, 0.4) is 0 Å². The number of halogens is 2. The van der Waals surface area contributed by atoms with Gasteiger partial charge in [0.2, 0.25) is 5.96 Å². The summed E-state index contributed by atoms with van der Waals surface area (Å²) < 4.78 is 13.7. The molecule has 0 aliphatic carbocycles. The van der Waals surface area contributed by atoms with Crippen molar-refractivity contribution in [2.24, 2.45) is 16.8 Å². The molecule has 0 heterocycles. The number of hydrogen-bond donors (Lipinski definition) is 3. The Balaban J connectivity index is 2.73. The van der Waals surface area contributed by atoms with Gasteiger partial charge in [0.05, 0.1) is 4.47 Å². The molecule has 0 bridgehead atoms. The number of rotatable bonds is 3. The molecule has 0 aliphatic heterocycles. The molecular formula is C11H16BrFN4. The molecule has 4 nitrogen and oxygen atoms in total. The Labute approximate surface area is 109 Å². The normalized spacial score (nSPS) is 11.8. The van der Waals surface area contributed by atoms with E-state index in [0.29, 0.717) is 28.6 Å². The zero-order chi connectivity index (χ0) is 12.8. The summed E-state index contributed by atoms with van der Waals surface area (Å²) in [6, 6.07) is 4.72. The van der Waals surface area contributed by atoms with Crippen LogP contribution in [0.25, 0.3) is 0 Å². The van der Waals surface area contributed by atoms with Gasteiger partial charge in [-0.25, -0.2) is 10.2 Å². The van der Waals surface area contributed by atoms with Crippen molar-refractivity contribution in [1.29, 1.82) is 0 Å². The molecular weight excluding hydrogens is 287 g/mol. The summed E-state index contributed by atoms with van der Waals surface area (Å²) in [6.45, 7) is 4.75. The molecule has 1 aromatic carbocycles. The molecule has 6 heteroatoms. The summed E-state index contributed by atoms with van der Waals surface area (Å²) in [5.74, 6) is 5.84. The van der Waals surface area contributed by atoms with Crippen molar-refractivity contribution in [3.05, 3.63) is 28.5 Å². The molecule has 1 rings (SSSR count). The molecule has 0 saturated heterocycles. The smallest absolute Gasteiger partial charge is 0.210 e. The van der Waals surface area contributed by atoms with Crippen LogP contribution in [0, 0.1) is 11.7 Å². The van der Waals surface area contributed by atoms with Crippen LogP contribution >= 0.6 is 15.9 Å². The Bertz CT molecular complexity index is 406. The van der Waals surface area contributed by atoms with Crippen molar-refractivity contribution in [2.75, 3.05) is 11.9 Å². The Morgan fingerprint density at radius 2 is 2.24 bits per heavy atom. The third-order valence-electron chi connectivity index (χ3n) is 1.93. The second kappa shape index (κ2) is 6.56. The topological polar surface area (TPSA) is 62.4 Å². The highest BCUT2D eigenvalue weighted by Gasteiger charge is 2.03. The van der Waals surface area contributed by atoms with Crippen LogP contribution in [0.5, 0.6) is 0 Å². The molecule has 4 N–H and O–H groups in total. The van der Waals surface area contributed by atoms with Crippen molar-refractivity contribution in [3.63, 3.8) is 0 Å². The fraction of sp³-hybridized carbons (Fsp3) is 0.364. The molecule has 1 aromatic rings. The van der Waals surface area contributed by atoms with Crippen LogP contribution in [0.4, 0.5) is 10.1 Å². The second-order valence-corrected chi connectivity index (χ2v) is 4.84. The summed E-state index contributed by atoms with van der Waals surface area (Å²) in [5.41, 5.74) is 3.03. The molecule has 0 aromatic heterocycles. The van der Waals surface area contributed by atoms with E-state index in [1.165, 1.54) is 6.07 Å². The summed E-state index contributed by atoms with van der Waals surface area (Å²) in [5, 5.41) is 2.91. The van der Waals surface area contributed by atoms with E-state index in [1.807, 2.05) is 0 Å². The number of guanidine groups is 1. The first-order valence-electron chi connectivity index (χ1n) is 5.26. The van der Waals surface area contributed by atoms with Gasteiger partial charge in [-0.3, -0.25) is 10.4 Å². The Hall–Kier alpha value is -1.14. The molecule has 0 saturated carbocycles. The lowest BCUT2D eigenvalue weighted by atomic mass is 10.2. The van der Waals surface area contributed by atoms with Crippen molar-refractivity contribution in [1.82, 2.24) is 5.43 Å². The lowest BCUT2D eigenvalue weighted by molar-refractivity contribution is 0.622. The number of hydrogen-bond acceptors (Lipinski definition) is 2. The zero-order valence-corrected chi connectivity index (χ0v) is 11.4. The van der Waals surface area contributed by atoms with Gasteiger partial charge in [0.15, 0.2) is 0 Å². The first kappa shape index (κ1) is 13.9. The zero-order valence-electron chi connectivity index (χ0n) is 9.80. The summed E-state index contributed by atoms with van der Waals surface area (Å²) in [7, 11) is 0. The maximum Gasteiger partial charge on any atom is 0.210 e. The molecule has 0 spiro atoms. The third-order valence-corrected chi connectivity index (χ3v) is 2.58. The van der Waals surface area contributed by atoms with E-state index in [4.69, 9.17) is 5.84 Å². The molecule has 0 amide bonds. The highest BCUT2D eigenvalue weighted by Crippen LogP contribution is 2.19. The Morgan fingerprint density at radius 3 is 2.76 bits per heavy atom. The van der Waals surface area contributed by atoms with Crippen molar-refractivity contribution in [2.45, 2.75) is 13.8 Å². The minimum atomic E-state index is -0.338. The average Bonchev–Trinajstić information content (AvgIpc) is 2.28. The number of hydrazine groups is 1. The number of aliphatic imine (C=N–C) groups is 1. The first-order valence-corrected chi connectivity index (χ1v) is 6.05. The minimum absolute atomic E-state index is 0.338. The van der Waals surface area contributed by atoms with Gasteiger partial charge in [0, 0.05) is 12.2 Å². The number of nitrogens with two attached hydrogens (primary N) is 1. The van der Waals surface area contributed by atoms with E-state index in [0.717, 1.165) is 0 Å². The van der Waals surface area contributed by atoms with Gasteiger partial charge in [0.1, 0.15) is 5.82 Å². The van der Waals surface area contributed by atoms with Gasteiger partial charge in [0.25, 0.3) is 0 Å². The van der Waals surface area contributed by atoms with Crippen molar-refractivity contribution in [3.8, 4) is 0 Å². The fourth-order valence-corrected chi connectivity index (χ4v) is 1.35. The maximum absolute atomic E-state index is 13.3. The van der Waals surface area contributed by atoms with E-state index in [1.54, 1.807) is 12.1 Å². The van der Waals surface area contributed by atoms with Gasteiger partial charge in [-0.05, 0) is 40.0 Å². The second-order valence-electron chi connectivity index (χ2n) is 3.98. The monoisotopic (exact) mass is 302 g/mol. The standard InChI is InChI=1S/C11H16BrFN4/c1-7(2)6-15-11(17-14)16-8-3-4-9(12)10(13)5-8/h3-5,7H,6,14H2,1-2H3,(H2,15,16,17). The van der Waals surface area contributed by atoms with Gasteiger partial charge < -0.3 is 5.32 Å². The predicted octanol–water partition coefficient (Wildman–Crippen LogP) is 2.48.